The minimum absolute atomic E-state index is 0.0240. The zero-order chi connectivity index (χ0) is 16.5. The molecule has 1 amide bonds. The van der Waals surface area contributed by atoms with E-state index < -0.39 is 22.0 Å². The summed E-state index contributed by atoms with van der Waals surface area (Å²) in [6, 6.07) is 3.33. The summed E-state index contributed by atoms with van der Waals surface area (Å²) >= 11 is 0.998. The third-order valence-electron chi connectivity index (χ3n) is 3.05. The second kappa shape index (κ2) is 6.19. The van der Waals surface area contributed by atoms with Crippen LogP contribution in [0.2, 0.25) is 0 Å². The van der Waals surface area contributed by atoms with Gasteiger partial charge in [0.15, 0.2) is 0 Å². The van der Waals surface area contributed by atoms with E-state index in [1.807, 2.05) is 13.8 Å². The number of H-pyrrole nitrogens is 1. The molecule has 7 nitrogen and oxygen atoms in total. The number of hydrogen-bond donors (Lipinski definition) is 3. The highest BCUT2D eigenvalue weighted by atomic mass is 32.2. The van der Waals surface area contributed by atoms with Gasteiger partial charge in [-0.15, -0.1) is 0 Å². The topological polar surface area (TPSA) is 122 Å². The number of rotatable bonds is 6. The molecule has 0 spiro atoms. The van der Waals surface area contributed by atoms with Crippen LogP contribution in [0.3, 0.4) is 0 Å². The van der Waals surface area contributed by atoms with Gasteiger partial charge in [0.2, 0.25) is 15.9 Å². The Hall–Kier alpha value is -1.71. The Balaban J connectivity index is 2.34. The normalized spacial score (nSPS) is 13.6. The second-order valence-electron chi connectivity index (χ2n) is 5.38. The van der Waals surface area contributed by atoms with Gasteiger partial charge in [0, 0.05) is 0 Å². The minimum Gasteiger partial charge on any atom is -0.368 e. The molecule has 1 aromatic carbocycles. The van der Waals surface area contributed by atoms with Crippen LogP contribution in [0.5, 0.6) is 0 Å². The summed E-state index contributed by atoms with van der Waals surface area (Å²) in [4.78, 5) is 25.0. The lowest BCUT2D eigenvalue weighted by atomic mass is 10.0. The van der Waals surface area contributed by atoms with Crippen molar-refractivity contribution in [1.82, 2.24) is 9.71 Å². The number of primary amides is 1. The van der Waals surface area contributed by atoms with Crippen LogP contribution >= 0.6 is 11.3 Å². The van der Waals surface area contributed by atoms with Crippen LogP contribution in [0.1, 0.15) is 20.3 Å². The number of aromatic amines is 1. The Morgan fingerprint density at radius 2 is 2.09 bits per heavy atom. The van der Waals surface area contributed by atoms with Crippen molar-refractivity contribution >= 4 is 37.5 Å². The van der Waals surface area contributed by atoms with E-state index in [4.69, 9.17) is 5.73 Å². The van der Waals surface area contributed by atoms with Gasteiger partial charge >= 0.3 is 4.87 Å². The molecule has 22 heavy (non-hydrogen) atoms. The van der Waals surface area contributed by atoms with Gasteiger partial charge < -0.3 is 10.7 Å². The molecule has 0 saturated carbocycles. The van der Waals surface area contributed by atoms with E-state index in [1.165, 1.54) is 12.1 Å². The monoisotopic (exact) mass is 343 g/mol. The van der Waals surface area contributed by atoms with Crippen LogP contribution < -0.4 is 15.3 Å². The van der Waals surface area contributed by atoms with Gasteiger partial charge in [-0.2, -0.15) is 4.72 Å². The molecular formula is C13H17N3O4S2. The van der Waals surface area contributed by atoms with Gasteiger partial charge in [-0.05, 0) is 30.5 Å². The third-order valence-corrected chi connectivity index (χ3v) is 5.38. The number of nitrogens with one attached hydrogen (secondary N) is 2. The van der Waals surface area contributed by atoms with Crippen molar-refractivity contribution in [2.24, 2.45) is 11.7 Å². The molecule has 0 aliphatic rings. The first-order valence-corrected chi connectivity index (χ1v) is 8.93. The van der Waals surface area contributed by atoms with Crippen LogP contribution in [0.25, 0.3) is 10.2 Å². The number of carbonyl (C=O) groups is 1. The molecule has 0 bridgehead atoms. The van der Waals surface area contributed by atoms with Gasteiger partial charge in [0.1, 0.15) is 6.04 Å². The quantitative estimate of drug-likeness (QED) is 0.717. The Morgan fingerprint density at radius 3 is 2.68 bits per heavy atom. The van der Waals surface area contributed by atoms with Gasteiger partial charge in [-0.3, -0.25) is 9.59 Å². The predicted octanol–water partition coefficient (Wildman–Crippen LogP) is 0.768. The van der Waals surface area contributed by atoms with E-state index in [0.29, 0.717) is 16.6 Å². The maximum Gasteiger partial charge on any atom is 0.305 e. The van der Waals surface area contributed by atoms with Gasteiger partial charge in [0.05, 0.1) is 15.1 Å². The Bertz CT molecular complexity index is 852. The number of benzene rings is 1. The highest BCUT2D eigenvalue weighted by Crippen LogP contribution is 2.19. The van der Waals surface area contributed by atoms with Crippen molar-refractivity contribution < 1.29 is 13.2 Å². The zero-order valence-corrected chi connectivity index (χ0v) is 13.8. The van der Waals surface area contributed by atoms with Crippen LogP contribution in [0.4, 0.5) is 0 Å². The van der Waals surface area contributed by atoms with Crippen LogP contribution in [-0.2, 0) is 14.8 Å². The Morgan fingerprint density at radius 1 is 1.41 bits per heavy atom. The van der Waals surface area contributed by atoms with E-state index in [-0.39, 0.29) is 15.7 Å². The fourth-order valence-corrected chi connectivity index (χ4v) is 4.01. The van der Waals surface area contributed by atoms with Crippen molar-refractivity contribution in [3.05, 3.63) is 27.9 Å². The number of sulfonamides is 1. The van der Waals surface area contributed by atoms with E-state index in [0.717, 1.165) is 11.3 Å². The highest BCUT2D eigenvalue weighted by molar-refractivity contribution is 7.89. The van der Waals surface area contributed by atoms with Crippen molar-refractivity contribution in [2.45, 2.75) is 31.2 Å². The zero-order valence-electron chi connectivity index (χ0n) is 12.1. The first kappa shape index (κ1) is 16.7. The standard InChI is InChI=1S/C13H17N3O4S2/c1-7(2)5-10(12(14)17)16-22(19,20)8-3-4-11-9(6-8)15-13(18)21-11/h3-4,6-7,10,16H,5H2,1-2H3,(H2,14,17)(H,15,18)/t10-/m1/s1. The summed E-state index contributed by atoms with van der Waals surface area (Å²) in [6.45, 7) is 3.73. The first-order chi connectivity index (χ1) is 10.2. The number of nitrogens with two attached hydrogens (primary N) is 1. The molecule has 0 unspecified atom stereocenters. The Labute approximate surface area is 131 Å². The van der Waals surface area contributed by atoms with E-state index in [2.05, 4.69) is 9.71 Å². The lowest BCUT2D eigenvalue weighted by molar-refractivity contribution is -0.119. The summed E-state index contributed by atoms with van der Waals surface area (Å²) < 4.78 is 27.7. The summed E-state index contributed by atoms with van der Waals surface area (Å²) in [5, 5.41) is 0. The molecule has 0 aliphatic heterocycles. The predicted molar refractivity (Wildman–Crippen MR) is 85.2 cm³/mol. The maximum atomic E-state index is 12.4. The summed E-state index contributed by atoms with van der Waals surface area (Å²) in [7, 11) is -3.90. The van der Waals surface area contributed by atoms with Crippen molar-refractivity contribution in [1.29, 1.82) is 0 Å². The molecule has 4 N–H and O–H groups in total. The number of hydrogen-bond acceptors (Lipinski definition) is 5. The molecule has 2 rings (SSSR count). The molecule has 0 fully saturated rings. The highest BCUT2D eigenvalue weighted by Gasteiger charge is 2.25. The molecule has 0 radical (unpaired) electrons. The Kier molecular flexibility index (Phi) is 4.69. The fraction of sp³-hybridized carbons (Fsp3) is 0.385. The molecule has 2 aromatic rings. The third kappa shape index (κ3) is 3.73. The number of thiazole rings is 1. The summed E-state index contributed by atoms with van der Waals surface area (Å²) in [5.41, 5.74) is 5.69. The van der Waals surface area contributed by atoms with E-state index in [9.17, 15) is 18.0 Å². The van der Waals surface area contributed by atoms with E-state index >= 15 is 0 Å². The molecule has 1 atom stereocenters. The SMILES string of the molecule is CC(C)C[C@@H](NS(=O)(=O)c1ccc2sc(=O)[nH]c2c1)C(N)=O. The molecule has 0 saturated heterocycles. The van der Waals surface area contributed by atoms with Crippen molar-refractivity contribution in [3.8, 4) is 0 Å². The first-order valence-electron chi connectivity index (χ1n) is 6.63. The average Bonchev–Trinajstić information content (AvgIpc) is 2.75. The molecule has 120 valence electrons. The lowest BCUT2D eigenvalue weighted by Crippen LogP contribution is -2.45. The molecule has 1 heterocycles. The number of fused-ring (bicyclic) bond motifs is 1. The minimum atomic E-state index is -3.90. The molecule has 1 aromatic heterocycles. The number of amides is 1. The van der Waals surface area contributed by atoms with Crippen LogP contribution in [0, 0.1) is 5.92 Å². The van der Waals surface area contributed by atoms with Crippen molar-refractivity contribution in [3.63, 3.8) is 0 Å². The second-order valence-corrected chi connectivity index (χ2v) is 8.11. The molecular weight excluding hydrogens is 326 g/mol. The molecule has 9 heteroatoms. The van der Waals surface area contributed by atoms with Crippen LogP contribution in [0.15, 0.2) is 27.9 Å². The average molecular weight is 343 g/mol. The molecule has 0 aliphatic carbocycles. The van der Waals surface area contributed by atoms with E-state index in [1.54, 1.807) is 6.07 Å². The van der Waals surface area contributed by atoms with Gasteiger partial charge in [0.25, 0.3) is 0 Å². The number of carbonyl (C=O) groups excluding carboxylic acids is 1. The van der Waals surface area contributed by atoms with Crippen molar-refractivity contribution in [2.75, 3.05) is 0 Å². The lowest BCUT2D eigenvalue weighted by Gasteiger charge is -2.17. The maximum absolute atomic E-state index is 12.4. The smallest absolute Gasteiger partial charge is 0.305 e. The van der Waals surface area contributed by atoms with Gasteiger partial charge in [-0.1, -0.05) is 25.2 Å². The number of aromatic nitrogens is 1. The van der Waals surface area contributed by atoms with Crippen LogP contribution in [-0.4, -0.2) is 25.4 Å². The largest absolute Gasteiger partial charge is 0.368 e. The summed E-state index contributed by atoms with van der Waals surface area (Å²) in [6.07, 6.45) is 0.312. The van der Waals surface area contributed by atoms with Gasteiger partial charge in [-0.25, -0.2) is 8.42 Å². The fourth-order valence-electron chi connectivity index (χ4n) is 2.05. The summed E-state index contributed by atoms with van der Waals surface area (Å²) in [5.74, 6) is -0.613.